The Morgan fingerprint density at radius 3 is 0.949 bits per heavy atom. The standard InChI is InChI=1S/C18H18O3.C17H15NO.C17H16O4.C17H16O3.C17H16O2.C17H18O2.C16H16O2/c1-3-13-8-10-14(11-9-13)17(19)12-15-6-4-5-7-16(15)18(20)21-2;1-12-7-13(2)9-15(8-12)10-17(19)16-5-3-14(11-18)4-6-16;1-20-14-9-7-12(8-10-14)16(18)11-13-5-3-4-6-15(13)17(19)21-2;1-12-7-9-13(10-8-12)16(18)11-14-5-3-4-6-15(14)17(19)20-2;1-12-3-7-16(8-4-12)17(19)11-14-5-9-15(10-6-14)13(2)18;1-12-7-13(2)9-14(8-12)10-17(18)15-5-4-6-16(11-15)19-3;1-12-7-3-5-9-14(12)15(17)11-13-8-4-6-10-16(13)18-2/h4-11H,3,12H2,1-2H3;3-9H,10H2,1-2H3;3-10H,11H2,1-2H3;3-10H,11H2,1-2H3;3-10H,11H2,1-2H3;4-9,11H,10H2,1-3H3;3-10H,11H2,1-2H3. The van der Waals surface area contributed by atoms with Crippen molar-refractivity contribution in [3.63, 3.8) is 0 Å². The number of para-hydroxylation sites is 1. The number of ether oxygens (including phenoxy) is 6. The molecule has 0 unspecified atom stereocenters. The second-order valence-electron chi connectivity index (χ2n) is 32.4. The molecule has 14 aromatic rings. The van der Waals surface area contributed by atoms with Crippen molar-refractivity contribution in [3.05, 3.63) is 478 Å². The average molecular weight is 1830 g/mol. The summed E-state index contributed by atoms with van der Waals surface area (Å²) in [4.78, 5) is 132. The van der Waals surface area contributed by atoms with E-state index in [1.54, 1.807) is 161 Å². The van der Waals surface area contributed by atoms with Gasteiger partial charge in [-0.05, 0) is 179 Å². The quantitative estimate of drug-likeness (QED) is 0.0239. The first-order valence-electron chi connectivity index (χ1n) is 44.5. The van der Waals surface area contributed by atoms with E-state index >= 15 is 0 Å². The molecule has 0 aliphatic carbocycles. The van der Waals surface area contributed by atoms with Crippen molar-refractivity contribution in [1.82, 2.24) is 0 Å². The summed E-state index contributed by atoms with van der Waals surface area (Å²) >= 11 is 0. The monoisotopic (exact) mass is 1830 g/mol. The maximum absolute atomic E-state index is 12.3. The maximum Gasteiger partial charge on any atom is 0.338 e. The van der Waals surface area contributed by atoms with Gasteiger partial charge in [0.1, 0.15) is 17.2 Å². The number of methoxy groups -OCH3 is 6. The van der Waals surface area contributed by atoms with E-state index in [9.17, 15) is 52.7 Å². The minimum absolute atomic E-state index is 0.00555. The molecule has 137 heavy (non-hydrogen) atoms. The molecule has 18 heteroatoms. The van der Waals surface area contributed by atoms with E-state index in [-0.39, 0.29) is 65.5 Å². The number of nitriles is 1. The minimum Gasteiger partial charge on any atom is -0.497 e. The van der Waals surface area contributed by atoms with Crippen LogP contribution in [0.15, 0.2) is 328 Å². The summed E-state index contributed by atoms with van der Waals surface area (Å²) < 4.78 is 29.7. The molecular formula is C119H115NO17. The van der Waals surface area contributed by atoms with Crippen molar-refractivity contribution in [3.8, 4) is 23.3 Å². The fraction of sp³-hybridized carbons (Fsp3) is 0.193. The van der Waals surface area contributed by atoms with Crippen molar-refractivity contribution >= 4 is 64.2 Å². The second kappa shape index (κ2) is 54.7. The Hall–Kier alpha value is -16.3. The van der Waals surface area contributed by atoms with Gasteiger partial charge >= 0.3 is 17.9 Å². The van der Waals surface area contributed by atoms with Gasteiger partial charge in [0.2, 0.25) is 0 Å². The molecule has 18 nitrogen and oxygen atoms in total. The Kier molecular flexibility index (Phi) is 42.3. The lowest BCUT2D eigenvalue weighted by Crippen LogP contribution is -2.10. The Balaban J connectivity index is 0.000000196. The van der Waals surface area contributed by atoms with Gasteiger partial charge in [-0.3, -0.25) is 38.4 Å². The van der Waals surface area contributed by atoms with Crippen LogP contribution in [0.2, 0.25) is 0 Å². The molecule has 14 aromatic carbocycles. The van der Waals surface area contributed by atoms with E-state index in [1.165, 1.54) is 56.1 Å². The molecule has 0 heterocycles. The van der Waals surface area contributed by atoms with Crippen LogP contribution in [0.4, 0.5) is 0 Å². The highest BCUT2D eigenvalue weighted by Crippen LogP contribution is 2.25. The van der Waals surface area contributed by atoms with Crippen molar-refractivity contribution in [1.29, 1.82) is 5.26 Å². The van der Waals surface area contributed by atoms with Gasteiger partial charge in [0, 0.05) is 95.0 Å². The van der Waals surface area contributed by atoms with Crippen LogP contribution in [-0.4, -0.2) is 107 Å². The first kappa shape index (κ1) is 106. The number of carbonyl (C=O) groups excluding carboxylic acids is 11. The van der Waals surface area contributed by atoms with E-state index in [4.69, 9.17) is 33.7 Å². The summed E-state index contributed by atoms with van der Waals surface area (Å²) in [5.41, 5.74) is 22.4. The van der Waals surface area contributed by atoms with Crippen molar-refractivity contribution < 1.29 is 81.2 Å². The highest BCUT2D eigenvalue weighted by molar-refractivity contribution is 6.04. The number of carbonyl (C=O) groups is 11. The fourth-order valence-corrected chi connectivity index (χ4v) is 14.5. The number of Topliss-reactive ketones (excluding diaryl/α,β-unsaturated/α-hetero) is 8. The second-order valence-corrected chi connectivity index (χ2v) is 32.4. The largest absolute Gasteiger partial charge is 0.497 e. The Morgan fingerprint density at radius 2 is 0.577 bits per heavy atom. The number of esters is 3. The summed E-state index contributed by atoms with van der Waals surface area (Å²) in [6.07, 6.45) is 3.03. The first-order chi connectivity index (χ1) is 65.9. The third-order valence-corrected chi connectivity index (χ3v) is 21.9. The molecule has 0 bridgehead atoms. The van der Waals surface area contributed by atoms with Crippen LogP contribution in [-0.2, 0) is 65.6 Å². The summed E-state index contributed by atoms with van der Waals surface area (Å²) in [6, 6.07) is 101. The van der Waals surface area contributed by atoms with E-state index in [2.05, 4.69) is 31.2 Å². The molecule has 0 aliphatic heterocycles. The molecule has 698 valence electrons. The summed E-state index contributed by atoms with van der Waals surface area (Å²) in [7, 11) is 8.80. The molecular weight excluding hydrogens is 1720 g/mol. The predicted octanol–water partition coefficient (Wildman–Crippen LogP) is 24.0. The first-order valence-corrected chi connectivity index (χ1v) is 44.5. The van der Waals surface area contributed by atoms with Crippen LogP contribution < -0.4 is 14.2 Å². The summed E-state index contributed by atoms with van der Waals surface area (Å²) in [5, 5.41) is 8.73. The number of rotatable bonds is 29. The average Bonchev–Trinajstić information content (AvgIpc) is 0.832. The summed E-state index contributed by atoms with van der Waals surface area (Å²) in [5.74, 6) is 1.27. The molecule has 0 aliphatic rings. The molecule has 0 amide bonds. The van der Waals surface area contributed by atoms with E-state index in [1.807, 2.05) is 218 Å². The Bertz CT molecular complexity index is 6380. The number of hydrogen-bond donors (Lipinski definition) is 0. The minimum atomic E-state index is -0.437. The topological polar surface area (TPSA) is 267 Å². The molecule has 0 atom stereocenters. The third kappa shape index (κ3) is 34.1. The zero-order chi connectivity index (χ0) is 99.5. The fourth-order valence-electron chi connectivity index (χ4n) is 14.5. The van der Waals surface area contributed by atoms with Crippen molar-refractivity contribution in [2.24, 2.45) is 0 Å². The maximum atomic E-state index is 12.3. The van der Waals surface area contributed by atoms with Gasteiger partial charge in [-0.1, -0.05) is 295 Å². The van der Waals surface area contributed by atoms with Crippen molar-refractivity contribution in [2.75, 3.05) is 42.7 Å². The normalized spacial score (nSPS) is 10.1. The van der Waals surface area contributed by atoms with Gasteiger partial charge < -0.3 is 28.4 Å². The smallest absolute Gasteiger partial charge is 0.338 e. The van der Waals surface area contributed by atoms with Crippen LogP contribution in [0, 0.1) is 59.8 Å². The molecule has 0 fully saturated rings. The van der Waals surface area contributed by atoms with Gasteiger partial charge in [0.25, 0.3) is 0 Å². The van der Waals surface area contributed by atoms with Gasteiger partial charge in [-0.25, -0.2) is 14.4 Å². The zero-order valence-electron chi connectivity index (χ0n) is 80.2. The molecule has 0 spiro atoms. The van der Waals surface area contributed by atoms with Crippen LogP contribution in [0.25, 0.3) is 0 Å². The molecule has 0 saturated carbocycles. The van der Waals surface area contributed by atoms with Gasteiger partial charge in [0.15, 0.2) is 46.3 Å². The lowest BCUT2D eigenvalue weighted by molar-refractivity contribution is 0.0590. The lowest BCUT2D eigenvalue weighted by Gasteiger charge is -2.08. The van der Waals surface area contributed by atoms with E-state index in [0.717, 1.165) is 62.2 Å². The number of ketones is 8. The van der Waals surface area contributed by atoms with Gasteiger partial charge in [0.05, 0.1) is 71.0 Å². The molecule has 0 radical (unpaired) electrons. The SMILES string of the molecule is CC(=O)c1ccc(CC(=O)c2ccc(C)cc2)cc1.CCc1ccc(C(=O)Cc2ccccc2C(=O)OC)cc1.COC(=O)c1ccccc1CC(=O)c1ccc(C)cc1.COC(=O)c1ccccc1CC(=O)c1ccc(OC)cc1.COc1cccc(C(=O)Cc2cc(C)cc(C)c2)c1.COc1ccccc1CC(=O)c1ccccc1C.Cc1cc(C)cc(CC(=O)c2ccc(C#N)cc2)c1. The zero-order valence-corrected chi connectivity index (χ0v) is 80.2. The van der Waals surface area contributed by atoms with Crippen LogP contribution in [0.1, 0.15) is 217 Å². The van der Waals surface area contributed by atoms with E-state index < -0.39 is 17.9 Å². The summed E-state index contributed by atoms with van der Waals surface area (Å²) in [6.45, 7) is 17.7. The third-order valence-electron chi connectivity index (χ3n) is 21.9. The number of benzene rings is 14. The number of hydrogen-bond acceptors (Lipinski definition) is 18. The molecule has 0 N–H and O–H groups in total. The van der Waals surface area contributed by atoms with Crippen molar-refractivity contribution in [2.45, 2.75) is 114 Å². The number of nitrogens with zero attached hydrogens (tertiary/aromatic N) is 1. The Labute approximate surface area is 803 Å². The van der Waals surface area contributed by atoms with Gasteiger partial charge in [-0.15, -0.1) is 0 Å². The highest BCUT2D eigenvalue weighted by Gasteiger charge is 2.21. The highest BCUT2D eigenvalue weighted by atomic mass is 16.5. The van der Waals surface area contributed by atoms with Crippen LogP contribution in [0.5, 0.6) is 17.2 Å². The molecule has 0 aromatic heterocycles. The van der Waals surface area contributed by atoms with Crippen LogP contribution >= 0.6 is 0 Å². The van der Waals surface area contributed by atoms with E-state index in [0.29, 0.717) is 110 Å². The molecule has 14 rings (SSSR count). The van der Waals surface area contributed by atoms with Crippen LogP contribution in [0.3, 0.4) is 0 Å². The Morgan fingerprint density at radius 1 is 0.255 bits per heavy atom. The predicted molar refractivity (Wildman–Crippen MR) is 537 cm³/mol. The lowest BCUT2D eigenvalue weighted by atomic mass is 9.98. The number of aryl methyl sites for hydroxylation is 8. The molecule has 0 saturated heterocycles. The van der Waals surface area contributed by atoms with Gasteiger partial charge in [-0.2, -0.15) is 5.26 Å².